The minimum atomic E-state index is -0.629. The van der Waals surface area contributed by atoms with Crippen molar-refractivity contribution in [1.29, 1.82) is 0 Å². The number of aromatic nitrogens is 1. The van der Waals surface area contributed by atoms with Crippen molar-refractivity contribution in [2.75, 3.05) is 0 Å². The monoisotopic (exact) mass is 317 g/mol. The zero-order valence-electron chi connectivity index (χ0n) is 10.0. The standard InChI is InChI=1S/C13H10Cl3NO2/c1-2-4-9-11(13(16)18)12(17-19-9)10-7(14)5-3-6-8(10)15/h3,5-6H,2,4H2,1H3. The van der Waals surface area contributed by atoms with Crippen LogP contribution in [0.1, 0.15) is 29.5 Å². The molecule has 0 saturated carbocycles. The lowest BCUT2D eigenvalue weighted by atomic mass is 10.0. The lowest BCUT2D eigenvalue weighted by Crippen LogP contribution is -1.96. The van der Waals surface area contributed by atoms with Gasteiger partial charge in [0.2, 0.25) is 0 Å². The predicted octanol–water partition coefficient (Wildman–Crippen LogP) is 4.98. The van der Waals surface area contributed by atoms with Gasteiger partial charge in [-0.3, -0.25) is 4.79 Å². The molecule has 0 atom stereocenters. The van der Waals surface area contributed by atoms with E-state index in [1.165, 1.54) is 0 Å². The van der Waals surface area contributed by atoms with Crippen molar-refractivity contribution in [3.8, 4) is 11.3 Å². The number of nitrogens with zero attached hydrogens (tertiary/aromatic N) is 1. The van der Waals surface area contributed by atoms with Crippen LogP contribution in [-0.4, -0.2) is 10.4 Å². The molecule has 1 heterocycles. The van der Waals surface area contributed by atoms with Gasteiger partial charge in [0.25, 0.3) is 5.24 Å². The maximum atomic E-state index is 11.6. The molecule has 0 aliphatic rings. The Balaban J connectivity index is 2.66. The van der Waals surface area contributed by atoms with Crippen LogP contribution in [0.2, 0.25) is 10.0 Å². The summed E-state index contributed by atoms with van der Waals surface area (Å²) >= 11 is 17.8. The van der Waals surface area contributed by atoms with E-state index in [0.717, 1.165) is 6.42 Å². The van der Waals surface area contributed by atoms with E-state index < -0.39 is 5.24 Å². The quantitative estimate of drug-likeness (QED) is 0.747. The fourth-order valence-electron chi connectivity index (χ4n) is 1.82. The molecule has 0 spiro atoms. The molecule has 0 fully saturated rings. The van der Waals surface area contributed by atoms with E-state index in [9.17, 15) is 4.79 Å². The molecule has 1 aromatic carbocycles. The summed E-state index contributed by atoms with van der Waals surface area (Å²) in [6.07, 6.45) is 1.38. The summed E-state index contributed by atoms with van der Waals surface area (Å²) in [7, 11) is 0. The first kappa shape index (κ1) is 14.4. The van der Waals surface area contributed by atoms with E-state index in [1.807, 2.05) is 6.92 Å². The average Bonchev–Trinajstić information content (AvgIpc) is 2.73. The molecule has 100 valence electrons. The van der Waals surface area contributed by atoms with E-state index in [2.05, 4.69) is 5.16 Å². The number of benzene rings is 1. The van der Waals surface area contributed by atoms with Crippen LogP contribution in [0.5, 0.6) is 0 Å². The van der Waals surface area contributed by atoms with Crippen molar-refractivity contribution in [2.24, 2.45) is 0 Å². The Bertz CT molecular complexity index is 602. The van der Waals surface area contributed by atoms with Gasteiger partial charge in [0.05, 0.1) is 10.0 Å². The van der Waals surface area contributed by atoms with Crippen LogP contribution in [0.15, 0.2) is 22.7 Å². The third kappa shape index (κ3) is 2.78. The third-order valence-corrected chi connectivity index (χ3v) is 3.45. The zero-order valence-corrected chi connectivity index (χ0v) is 12.3. The number of halogens is 3. The van der Waals surface area contributed by atoms with Crippen molar-refractivity contribution in [3.05, 3.63) is 39.6 Å². The van der Waals surface area contributed by atoms with Crippen LogP contribution in [-0.2, 0) is 6.42 Å². The van der Waals surface area contributed by atoms with Gasteiger partial charge in [-0.1, -0.05) is 41.3 Å². The molecule has 2 aromatic rings. The summed E-state index contributed by atoms with van der Waals surface area (Å²) in [6, 6.07) is 5.04. The summed E-state index contributed by atoms with van der Waals surface area (Å²) in [4.78, 5) is 11.6. The van der Waals surface area contributed by atoms with Gasteiger partial charge < -0.3 is 4.52 Å². The lowest BCUT2D eigenvalue weighted by Gasteiger charge is -2.04. The van der Waals surface area contributed by atoms with E-state index >= 15 is 0 Å². The van der Waals surface area contributed by atoms with Gasteiger partial charge in [0.15, 0.2) is 0 Å². The highest BCUT2D eigenvalue weighted by molar-refractivity contribution is 6.68. The average molecular weight is 319 g/mol. The van der Waals surface area contributed by atoms with Crippen molar-refractivity contribution in [3.63, 3.8) is 0 Å². The Morgan fingerprint density at radius 3 is 2.47 bits per heavy atom. The lowest BCUT2D eigenvalue weighted by molar-refractivity contribution is 0.108. The molecule has 6 heteroatoms. The number of hydrogen-bond acceptors (Lipinski definition) is 3. The number of hydrogen-bond donors (Lipinski definition) is 0. The van der Waals surface area contributed by atoms with Gasteiger partial charge in [-0.25, -0.2) is 0 Å². The molecule has 0 amide bonds. The predicted molar refractivity (Wildman–Crippen MR) is 76.1 cm³/mol. The maximum Gasteiger partial charge on any atom is 0.258 e. The van der Waals surface area contributed by atoms with Crippen LogP contribution in [0.25, 0.3) is 11.3 Å². The molecule has 0 N–H and O–H groups in total. The smallest absolute Gasteiger partial charge is 0.258 e. The largest absolute Gasteiger partial charge is 0.360 e. The molecule has 0 saturated heterocycles. The Labute approximate surface area is 125 Å². The second kappa shape index (κ2) is 5.95. The minimum absolute atomic E-state index is 0.235. The molecule has 0 aliphatic heterocycles. The number of rotatable bonds is 4. The normalized spacial score (nSPS) is 10.7. The summed E-state index contributed by atoms with van der Waals surface area (Å²) in [5, 5.41) is 4.05. The highest BCUT2D eigenvalue weighted by atomic mass is 35.5. The molecular weight excluding hydrogens is 309 g/mol. The van der Waals surface area contributed by atoms with E-state index in [-0.39, 0.29) is 5.56 Å². The Kier molecular flexibility index (Phi) is 4.50. The first-order chi connectivity index (χ1) is 9.06. The Morgan fingerprint density at radius 1 is 1.32 bits per heavy atom. The van der Waals surface area contributed by atoms with Crippen LogP contribution < -0.4 is 0 Å². The highest BCUT2D eigenvalue weighted by Gasteiger charge is 2.25. The minimum Gasteiger partial charge on any atom is -0.360 e. The highest BCUT2D eigenvalue weighted by Crippen LogP contribution is 2.37. The second-order valence-electron chi connectivity index (χ2n) is 3.95. The zero-order chi connectivity index (χ0) is 14.0. The number of carbonyl (C=O) groups excluding carboxylic acids is 1. The Hall–Kier alpha value is -1.03. The van der Waals surface area contributed by atoms with Gasteiger partial charge in [0, 0.05) is 12.0 Å². The van der Waals surface area contributed by atoms with Crippen molar-refractivity contribution >= 4 is 40.0 Å². The fraction of sp³-hybridized carbons (Fsp3) is 0.231. The molecular formula is C13H10Cl3NO2. The number of aryl methyl sites for hydroxylation is 1. The van der Waals surface area contributed by atoms with Gasteiger partial charge in [0.1, 0.15) is 17.0 Å². The van der Waals surface area contributed by atoms with E-state index in [0.29, 0.717) is 33.5 Å². The van der Waals surface area contributed by atoms with Crippen LogP contribution in [0.4, 0.5) is 0 Å². The van der Waals surface area contributed by atoms with E-state index in [4.69, 9.17) is 39.3 Å². The first-order valence-electron chi connectivity index (χ1n) is 5.69. The molecule has 0 radical (unpaired) electrons. The first-order valence-corrected chi connectivity index (χ1v) is 6.82. The molecule has 19 heavy (non-hydrogen) atoms. The maximum absolute atomic E-state index is 11.6. The van der Waals surface area contributed by atoms with Crippen LogP contribution >= 0.6 is 34.8 Å². The third-order valence-electron chi connectivity index (χ3n) is 2.64. The molecule has 3 nitrogen and oxygen atoms in total. The van der Waals surface area contributed by atoms with Gasteiger partial charge in [-0.2, -0.15) is 0 Å². The summed E-state index contributed by atoms with van der Waals surface area (Å²) in [5.74, 6) is 0.452. The topological polar surface area (TPSA) is 43.1 Å². The van der Waals surface area contributed by atoms with Crippen molar-refractivity contribution in [1.82, 2.24) is 5.16 Å². The molecule has 0 unspecified atom stereocenters. The summed E-state index contributed by atoms with van der Waals surface area (Å²) < 4.78 is 5.19. The number of carbonyl (C=O) groups is 1. The van der Waals surface area contributed by atoms with Crippen LogP contribution in [0, 0.1) is 0 Å². The molecule has 0 bridgehead atoms. The summed E-state index contributed by atoms with van der Waals surface area (Å²) in [5.41, 5.74) is 0.985. The van der Waals surface area contributed by atoms with Gasteiger partial charge >= 0.3 is 0 Å². The van der Waals surface area contributed by atoms with Crippen molar-refractivity contribution in [2.45, 2.75) is 19.8 Å². The fourth-order valence-corrected chi connectivity index (χ4v) is 2.59. The van der Waals surface area contributed by atoms with E-state index in [1.54, 1.807) is 18.2 Å². The molecule has 2 rings (SSSR count). The molecule has 0 aliphatic carbocycles. The Morgan fingerprint density at radius 2 is 1.95 bits per heavy atom. The van der Waals surface area contributed by atoms with Gasteiger partial charge in [-0.05, 0) is 30.2 Å². The van der Waals surface area contributed by atoms with Gasteiger partial charge in [-0.15, -0.1) is 0 Å². The van der Waals surface area contributed by atoms with Crippen molar-refractivity contribution < 1.29 is 9.32 Å². The van der Waals surface area contributed by atoms with Crippen LogP contribution in [0.3, 0.4) is 0 Å². The second-order valence-corrected chi connectivity index (χ2v) is 5.11. The summed E-state index contributed by atoms with van der Waals surface area (Å²) in [6.45, 7) is 1.97. The molecule has 1 aromatic heterocycles. The SMILES string of the molecule is CCCc1onc(-c2c(Cl)cccc2Cl)c1C(=O)Cl.